The largest absolute Gasteiger partial charge is 0.388 e. The van der Waals surface area contributed by atoms with Crippen LogP contribution in [0.2, 0.25) is 0 Å². The summed E-state index contributed by atoms with van der Waals surface area (Å²) in [4.78, 5) is 4.47. The van der Waals surface area contributed by atoms with Crippen LogP contribution in [0.3, 0.4) is 0 Å². The fraction of sp³-hybridized carbons (Fsp3) is 0.294. The van der Waals surface area contributed by atoms with E-state index in [4.69, 9.17) is 0 Å². The Kier molecular flexibility index (Phi) is 3.37. The lowest BCUT2D eigenvalue weighted by Crippen LogP contribution is -1.99. The van der Waals surface area contributed by atoms with Gasteiger partial charge in [-0.05, 0) is 42.2 Å². The SMILES string of the molecule is CNc1ccc(C)c(-n2cc3cc(C(C)C)cnc3n2)c1. The number of hydrogen-bond acceptors (Lipinski definition) is 3. The molecule has 0 spiro atoms. The van der Waals surface area contributed by atoms with Crippen molar-refractivity contribution in [3.05, 3.63) is 47.8 Å². The third-order valence-electron chi connectivity index (χ3n) is 3.79. The number of nitrogens with one attached hydrogen (secondary N) is 1. The van der Waals surface area contributed by atoms with E-state index in [0.29, 0.717) is 5.92 Å². The number of aromatic nitrogens is 3. The molecule has 4 nitrogen and oxygen atoms in total. The molecule has 0 bridgehead atoms. The zero-order valence-corrected chi connectivity index (χ0v) is 12.9. The smallest absolute Gasteiger partial charge is 0.181 e. The van der Waals surface area contributed by atoms with Crippen LogP contribution in [0.1, 0.15) is 30.9 Å². The van der Waals surface area contributed by atoms with Crippen LogP contribution in [0, 0.1) is 6.92 Å². The molecule has 3 rings (SSSR count). The highest BCUT2D eigenvalue weighted by molar-refractivity contribution is 5.75. The van der Waals surface area contributed by atoms with E-state index in [1.165, 1.54) is 11.1 Å². The molecule has 0 radical (unpaired) electrons. The van der Waals surface area contributed by atoms with E-state index in [0.717, 1.165) is 22.4 Å². The van der Waals surface area contributed by atoms with Gasteiger partial charge in [0.15, 0.2) is 5.65 Å². The first-order chi connectivity index (χ1) is 10.1. The van der Waals surface area contributed by atoms with Crippen molar-refractivity contribution < 1.29 is 0 Å². The fourth-order valence-corrected chi connectivity index (χ4v) is 2.38. The molecule has 0 atom stereocenters. The van der Waals surface area contributed by atoms with Gasteiger partial charge in [0.1, 0.15) is 0 Å². The lowest BCUT2D eigenvalue weighted by Gasteiger charge is -2.08. The second kappa shape index (κ2) is 5.20. The number of nitrogens with zero attached hydrogens (tertiary/aromatic N) is 3. The minimum absolute atomic E-state index is 0.472. The maximum atomic E-state index is 4.60. The zero-order valence-electron chi connectivity index (χ0n) is 12.9. The van der Waals surface area contributed by atoms with Gasteiger partial charge in [0, 0.05) is 30.5 Å². The average molecular weight is 280 g/mol. The topological polar surface area (TPSA) is 42.7 Å². The van der Waals surface area contributed by atoms with Gasteiger partial charge in [-0.2, -0.15) is 0 Å². The molecule has 0 aliphatic heterocycles. The molecular weight excluding hydrogens is 260 g/mol. The molecular formula is C17H20N4. The summed E-state index contributed by atoms with van der Waals surface area (Å²) in [5.74, 6) is 0.472. The molecule has 0 saturated heterocycles. The van der Waals surface area contributed by atoms with Crippen molar-refractivity contribution in [3.63, 3.8) is 0 Å². The molecule has 0 aliphatic carbocycles. The Hall–Kier alpha value is -2.36. The van der Waals surface area contributed by atoms with E-state index in [1.807, 2.05) is 17.9 Å². The Labute approximate surface area is 124 Å². The highest BCUT2D eigenvalue weighted by Crippen LogP contribution is 2.23. The van der Waals surface area contributed by atoms with Crippen LogP contribution in [0.5, 0.6) is 0 Å². The monoisotopic (exact) mass is 280 g/mol. The van der Waals surface area contributed by atoms with E-state index in [9.17, 15) is 0 Å². The molecule has 108 valence electrons. The fourth-order valence-electron chi connectivity index (χ4n) is 2.38. The molecule has 0 unspecified atom stereocenters. The maximum absolute atomic E-state index is 4.60. The molecule has 0 saturated carbocycles. The quantitative estimate of drug-likeness (QED) is 0.791. The van der Waals surface area contributed by atoms with Gasteiger partial charge in [-0.15, -0.1) is 5.10 Å². The number of benzene rings is 1. The Morgan fingerprint density at radius 2 is 2.00 bits per heavy atom. The third kappa shape index (κ3) is 2.49. The molecule has 3 aromatic rings. The highest BCUT2D eigenvalue weighted by atomic mass is 15.3. The van der Waals surface area contributed by atoms with Crippen molar-refractivity contribution in [1.29, 1.82) is 0 Å². The number of pyridine rings is 1. The molecule has 21 heavy (non-hydrogen) atoms. The van der Waals surface area contributed by atoms with Crippen LogP contribution in [-0.2, 0) is 0 Å². The van der Waals surface area contributed by atoms with Crippen LogP contribution in [0.25, 0.3) is 16.7 Å². The molecule has 0 amide bonds. The summed E-state index contributed by atoms with van der Waals surface area (Å²) in [6, 6.07) is 8.44. The maximum Gasteiger partial charge on any atom is 0.181 e. The third-order valence-corrected chi connectivity index (χ3v) is 3.79. The summed E-state index contributed by atoms with van der Waals surface area (Å²) in [6.07, 6.45) is 3.97. The van der Waals surface area contributed by atoms with Crippen molar-refractivity contribution in [1.82, 2.24) is 14.8 Å². The van der Waals surface area contributed by atoms with Crippen molar-refractivity contribution in [3.8, 4) is 5.69 Å². The predicted octanol–water partition coefficient (Wildman–Crippen LogP) is 3.89. The van der Waals surface area contributed by atoms with Gasteiger partial charge in [0.25, 0.3) is 0 Å². The highest BCUT2D eigenvalue weighted by Gasteiger charge is 2.09. The van der Waals surface area contributed by atoms with Crippen molar-refractivity contribution >= 4 is 16.7 Å². The Bertz CT molecular complexity index is 787. The first-order valence-corrected chi connectivity index (χ1v) is 7.22. The summed E-state index contributed by atoms with van der Waals surface area (Å²) in [5, 5.41) is 8.84. The summed E-state index contributed by atoms with van der Waals surface area (Å²) in [5.41, 5.74) is 5.36. The Balaban J connectivity index is 2.13. The minimum atomic E-state index is 0.472. The minimum Gasteiger partial charge on any atom is -0.388 e. The number of anilines is 1. The second-order valence-electron chi connectivity index (χ2n) is 5.66. The van der Waals surface area contributed by atoms with Gasteiger partial charge >= 0.3 is 0 Å². The average Bonchev–Trinajstić information content (AvgIpc) is 2.90. The van der Waals surface area contributed by atoms with Crippen LogP contribution in [0.15, 0.2) is 36.7 Å². The first-order valence-electron chi connectivity index (χ1n) is 7.22. The standard InChI is InChI=1S/C17H20N4/c1-11(2)13-7-14-10-21(20-17(14)19-9-13)16-8-15(18-4)6-5-12(16)3/h5-11,18H,1-4H3. The van der Waals surface area contributed by atoms with E-state index >= 15 is 0 Å². The van der Waals surface area contributed by atoms with Crippen molar-refractivity contribution in [2.24, 2.45) is 0 Å². The van der Waals surface area contributed by atoms with Gasteiger partial charge in [0.05, 0.1) is 5.69 Å². The van der Waals surface area contributed by atoms with E-state index in [2.05, 4.69) is 66.6 Å². The Morgan fingerprint density at radius 1 is 1.19 bits per heavy atom. The van der Waals surface area contributed by atoms with Crippen LogP contribution in [-0.4, -0.2) is 21.8 Å². The van der Waals surface area contributed by atoms with Crippen LogP contribution < -0.4 is 5.32 Å². The zero-order chi connectivity index (χ0) is 15.0. The van der Waals surface area contributed by atoms with E-state index in [-0.39, 0.29) is 0 Å². The van der Waals surface area contributed by atoms with Gasteiger partial charge in [-0.25, -0.2) is 9.67 Å². The number of rotatable bonds is 3. The van der Waals surface area contributed by atoms with Crippen molar-refractivity contribution in [2.45, 2.75) is 26.7 Å². The summed E-state index contributed by atoms with van der Waals surface area (Å²) < 4.78 is 1.91. The van der Waals surface area contributed by atoms with Gasteiger partial charge in [-0.1, -0.05) is 19.9 Å². The molecule has 2 heterocycles. The lowest BCUT2D eigenvalue weighted by atomic mass is 10.1. The summed E-state index contributed by atoms with van der Waals surface area (Å²) in [7, 11) is 1.92. The van der Waals surface area contributed by atoms with E-state index in [1.54, 1.807) is 0 Å². The Morgan fingerprint density at radius 3 is 2.71 bits per heavy atom. The van der Waals surface area contributed by atoms with Crippen LogP contribution >= 0.6 is 0 Å². The molecule has 1 N–H and O–H groups in total. The number of fused-ring (bicyclic) bond motifs is 1. The molecule has 0 aliphatic rings. The van der Waals surface area contributed by atoms with Crippen LogP contribution in [0.4, 0.5) is 5.69 Å². The van der Waals surface area contributed by atoms with Gasteiger partial charge < -0.3 is 5.32 Å². The normalized spacial score (nSPS) is 11.3. The van der Waals surface area contributed by atoms with Gasteiger partial charge in [-0.3, -0.25) is 0 Å². The number of hydrogen-bond donors (Lipinski definition) is 1. The summed E-state index contributed by atoms with van der Waals surface area (Å²) in [6.45, 7) is 6.44. The van der Waals surface area contributed by atoms with Crippen molar-refractivity contribution in [2.75, 3.05) is 12.4 Å². The summed E-state index contributed by atoms with van der Waals surface area (Å²) >= 11 is 0. The lowest BCUT2D eigenvalue weighted by molar-refractivity contribution is 0.859. The molecule has 0 fully saturated rings. The second-order valence-corrected chi connectivity index (χ2v) is 5.66. The van der Waals surface area contributed by atoms with E-state index < -0.39 is 0 Å². The van der Waals surface area contributed by atoms with Gasteiger partial charge in [0.2, 0.25) is 0 Å². The predicted molar refractivity (Wildman–Crippen MR) is 87.2 cm³/mol. The first kappa shape index (κ1) is 13.6. The molecule has 1 aromatic carbocycles. The molecule has 4 heteroatoms. The number of aryl methyl sites for hydroxylation is 1. The molecule has 2 aromatic heterocycles.